The molecule has 2 saturated heterocycles. The lowest BCUT2D eigenvalue weighted by Crippen LogP contribution is -2.58. The SMILES string of the molecule is COc1cccc2ccc(N3CCC[C@]4(CN(C)CC[C@@H]4O)C3)nc12. The van der Waals surface area contributed by atoms with Gasteiger partial charge in [-0.25, -0.2) is 4.98 Å². The van der Waals surface area contributed by atoms with E-state index in [0.29, 0.717) is 0 Å². The average Bonchev–Trinajstić information content (AvgIpc) is 2.64. The molecule has 1 aromatic heterocycles. The molecular weight excluding hydrogens is 314 g/mol. The normalized spacial score (nSPS) is 27.8. The van der Waals surface area contributed by atoms with Crippen LogP contribution >= 0.6 is 0 Å². The number of hydrogen-bond donors (Lipinski definition) is 1. The Kier molecular flexibility index (Phi) is 4.29. The Hall–Kier alpha value is -1.85. The van der Waals surface area contributed by atoms with Crippen molar-refractivity contribution >= 4 is 16.7 Å². The summed E-state index contributed by atoms with van der Waals surface area (Å²) in [6.07, 6.45) is 2.83. The number of rotatable bonds is 2. The zero-order chi connectivity index (χ0) is 17.4. The van der Waals surface area contributed by atoms with Crippen LogP contribution in [0.5, 0.6) is 5.75 Å². The third kappa shape index (κ3) is 2.96. The molecule has 0 amide bonds. The van der Waals surface area contributed by atoms with Crippen LogP contribution in [-0.2, 0) is 0 Å². The van der Waals surface area contributed by atoms with E-state index in [1.807, 2.05) is 12.1 Å². The van der Waals surface area contributed by atoms with Crippen molar-refractivity contribution in [3.8, 4) is 5.75 Å². The number of ether oxygens (including phenoxy) is 1. The molecule has 2 atom stereocenters. The summed E-state index contributed by atoms with van der Waals surface area (Å²) < 4.78 is 5.48. The highest BCUT2D eigenvalue weighted by atomic mass is 16.5. The van der Waals surface area contributed by atoms with Crippen LogP contribution < -0.4 is 9.64 Å². The molecule has 5 heteroatoms. The molecule has 0 bridgehead atoms. The number of nitrogens with zero attached hydrogens (tertiary/aromatic N) is 3. The van der Waals surface area contributed by atoms with Crippen molar-refractivity contribution < 1.29 is 9.84 Å². The van der Waals surface area contributed by atoms with E-state index in [1.54, 1.807) is 7.11 Å². The fraction of sp³-hybridized carbons (Fsp3) is 0.550. The van der Waals surface area contributed by atoms with Gasteiger partial charge in [-0.15, -0.1) is 0 Å². The lowest BCUT2D eigenvalue weighted by Gasteiger charge is -2.50. The van der Waals surface area contributed by atoms with E-state index in [1.165, 1.54) is 0 Å². The average molecular weight is 341 g/mol. The summed E-state index contributed by atoms with van der Waals surface area (Å²) in [7, 11) is 3.85. The van der Waals surface area contributed by atoms with E-state index in [0.717, 1.165) is 67.9 Å². The predicted octanol–water partition coefficient (Wildman–Crippen LogP) is 2.53. The number of methoxy groups -OCH3 is 1. The van der Waals surface area contributed by atoms with Crippen molar-refractivity contribution in [2.24, 2.45) is 5.41 Å². The molecule has 0 saturated carbocycles. The van der Waals surface area contributed by atoms with Gasteiger partial charge >= 0.3 is 0 Å². The van der Waals surface area contributed by atoms with Crippen molar-refractivity contribution in [3.63, 3.8) is 0 Å². The van der Waals surface area contributed by atoms with Crippen LogP contribution in [-0.4, -0.2) is 61.4 Å². The molecule has 0 unspecified atom stereocenters. The standard InChI is InChI=1S/C20H27N3O2/c1-22-12-9-17(24)20(13-22)10-4-11-23(14-20)18-8-7-15-5-3-6-16(25-2)19(15)21-18/h3,5-8,17,24H,4,9-14H2,1-2H3/t17-,20-/m0/s1. The molecule has 0 aliphatic carbocycles. The Morgan fingerprint density at radius 1 is 1.20 bits per heavy atom. The Bertz CT molecular complexity index is 766. The van der Waals surface area contributed by atoms with E-state index in [-0.39, 0.29) is 11.5 Å². The largest absolute Gasteiger partial charge is 0.494 e. The van der Waals surface area contributed by atoms with Gasteiger partial charge in [-0.05, 0) is 44.5 Å². The number of aromatic nitrogens is 1. The van der Waals surface area contributed by atoms with Crippen molar-refractivity contribution in [2.45, 2.75) is 25.4 Å². The number of piperidine rings is 2. The molecule has 1 spiro atoms. The number of benzene rings is 1. The number of pyridine rings is 1. The second-order valence-corrected chi connectivity index (χ2v) is 7.63. The highest BCUT2D eigenvalue weighted by Crippen LogP contribution is 2.40. The third-order valence-electron chi connectivity index (χ3n) is 5.90. The topological polar surface area (TPSA) is 48.8 Å². The minimum absolute atomic E-state index is 0.0390. The molecule has 1 N–H and O–H groups in total. The van der Waals surface area contributed by atoms with E-state index in [2.05, 4.69) is 35.0 Å². The van der Waals surface area contributed by atoms with Gasteiger partial charge in [0.15, 0.2) is 0 Å². The molecule has 0 radical (unpaired) electrons. The molecule has 2 aliphatic heterocycles. The second-order valence-electron chi connectivity index (χ2n) is 7.63. The quantitative estimate of drug-likeness (QED) is 0.910. The molecular formula is C20H27N3O2. The maximum absolute atomic E-state index is 10.7. The molecule has 5 nitrogen and oxygen atoms in total. The Morgan fingerprint density at radius 2 is 2.08 bits per heavy atom. The molecule has 3 heterocycles. The summed E-state index contributed by atoms with van der Waals surface area (Å²) in [6, 6.07) is 10.2. The Balaban J connectivity index is 1.66. The van der Waals surface area contributed by atoms with E-state index in [4.69, 9.17) is 9.72 Å². The summed E-state index contributed by atoms with van der Waals surface area (Å²) in [4.78, 5) is 9.60. The van der Waals surface area contributed by atoms with E-state index < -0.39 is 0 Å². The zero-order valence-corrected chi connectivity index (χ0v) is 15.1. The number of likely N-dealkylation sites (tertiary alicyclic amines) is 1. The number of aliphatic hydroxyl groups is 1. The first-order chi connectivity index (χ1) is 12.1. The lowest BCUT2D eigenvalue weighted by atomic mass is 9.71. The first-order valence-corrected chi connectivity index (χ1v) is 9.17. The zero-order valence-electron chi connectivity index (χ0n) is 15.1. The van der Waals surface area contributed by atoms with Gasteiger partial charge in [-0.3, -0.25) is 0 Å². The Labute approximate surface area is 149 Å². The van der Waals surface area contributed by atoms with Gasteiger partial charge in [0.25, 0.3) is 0 Å². The fourth-order valence-electron chi connectivity index (χ4n) is 4.58. The van der Waals surface area contributed by atoms with Crippen molar-refractivity contribution in [3.05, 3.63) is 30.3 Å². The smallest absolute Gasteiger partial charge is 0.145 e. The predicted molar refractivity (Wildman–Crippen MR) is 100 cm³/mol. The minimum Gasteiger partial charge on any atom is -0.494 e. The molecule has 2 aromatic rings. The van der Waals surface area contributed by atoms with Crippen LogP contribution in [0, 0.1) is 5.41 Å². The summed E-state index contributed by atoms with van der Waals surface area (Å²) in [5, 5.41) is 11.8. The molecule has 134 valence electrons. The molecule has 4 rings (SSSR count). The first kappa shape index (κ1) is 16.6. The van der Waals surface area contributed by atoms with Crippen molar-refractivity contribution in [1.29, 1.82) is 0 Å². The van der Waals surface area contributed by atoms with E-state index >= 15 is 0 Å². The monoisotopic (exact) mass is 341 g/mol. The van der Waals surface area contributed by atoms with E-state index in [9.17, 15) is 5.11 Å². The van der Waals surface area contributed by atoms with Crippen LogP contribution in [0.25, 0.3) is 10.9 Å². The number of fused-ring (bicyclic) bond motifs is 1. The van der Waals surface area contributed by atoms with Crippen molar-refractivity contribution in [1.82, 2.24) is 9.88 Å². The maximum atomic E-state index is 10.7. The maximum Gasteiger partial charge on any atom is 0.145 e. The molecule has 25 heavy (non-hydrogen) atoms. The highest BCUT2D eigenvalue weighted by Gasteiger charge is 2.44. The number of anilines is 1. The van der Waals surface area contributed by atoms with Gasteiger partial charge in [0, 0.05) is 37.0 Å². The van der Waals surface area contributed by atoms with Crippen LogP contribution in [0.2, 0.25) is 0 Å². The van der Waals surface area contributed by atoms with Crippen LogP contribution in [0.15, 0.2) is 30.3 Å². The minimum atomic E-state index is -0.221. The van der Waals surface area contributed by atoms with Gasteiger partial charge in [0.2, 0.25) is 0 Å². The second kappa shape index (κ2) is 6.46. The fourth-order valence-corrected chi connectivity index (χ4v) is 4.58. The summed E-state index contributed by atoms with van der Waals surface area (Å²) in [5.41, 5.74) is 0.867. The lowest BCUT2D eigenvalue weighted by molar-refractivity contribution is -0.0466. The van der Waals surface area contributed by atoms with Crippen LogP contribution in [0.4, 0.5) is 5.82 Å². The number of para-hydroxylation sites is 1. The summed E-state index contributed by atoms with van der Waals surface area (Å²) in [5.74, 6) is 1.79. The first-order valence-electron chi connectivity index (χ1n) is 9.17. The molecule has 1 aromatic carbocycles. The highest BCUT2D eigenvalue weighted by molar-refractivity contribution is 5.86. The van der Waals surface area contributed by atoms with Crippen LogP contribution in [0.1, 0.15) is 19.3 Å². The van der Waals surface area contributed by atoms with Gasteiger partial charge in [0.05, 0.1) is 13.2 Å². The Morgan fingerprint density at radius 3 is 2.92 bits per heavy atom. The van der Waals surface area contributed by atoms with Crippen LogP contribution in [0.3, 0.4) is 0 Å². The summed E-state index contributed by atoms with van der Waals surface area (Å²) >= 11 is 0. The number of aliphatic hydroxyl groups excluding tert-OH is 1. The summed E-state index contributed by atoms with van der Waals surface area (Å²) in [6.45, 7) is 3.80. The van der Waals surface area contributed by atoms with Gasteiger partial charge in [-0.2, -0.15) is 0 Å². The molecule has 2 aliphatic rings. The number of hydrogen-bond acceptors (Lipinski definition) is 5. The van der Waals surface area contributed by atoms with Gasteiger partial charge < -0.3 is 19.6 Å². The third-order valence-corrected chi connectivity index (χ3v) is 5.90. The van der Waals surface area contributed by atoms with Crippen molar-refractivity contribution in [2.75, 3.05) is 45.2 Å². The van der Waals surface area contributed by atoms with Gasteiger partial charge in [-0.1, -0.05) is 12.1 Å². The molecule has 2 fully saturated rings. The van der Waals surface area contributed by atoms with Gasteiger partial charge in [0.1, 0.15) is 17.1 Å².